The van der Waals surface area contributed by atoms with Crippen LogP contribution in [0.4, 0.5) is 10.1 Å². The van der Waals surface area contributed by atoms with Gasteiger partial charge in [0, 0.05) is 41.8 Å². The molecule has 0 radical (unpaired) electrons. The number of halogens is 2. The molecule has 0 amide bonds. The number of nitrogens with zero attached hydrogens (tertiary/aromatic N) is 2. The van der Waals surface area contributed by atoms with E-state index in [0.29, 0.717) is 36.3 Å². The number of carbonyl (C=O) groups excluding carboxylic acids is 2. The number of para-hydroxylation sites is 1. The van der Waals surface area contributed by atoms with E-state index >= 15 is 0 Å². The zero-order chi connectivity index (χ0) is 25.4. The van der Waals surface area contributed by atoms with Crippen LogP contribution in [0.25, 0.3) is 0 Å². The third-order valence-electron chi connectivity index (χ3n) is 6.24. The topological polar surface area (TPSA) is 86.8 Å². The van der Waals surface area contributed by atoms with E-state index in [0.717, 1.165) is 0 Å². The zero-order valence-electron chi connectivity index (χ0n) is 18.9. The highest BCUT2D eigenvalue weighted by molar-refractivity contribution is 9.10. The minimum Gasteiger partial charge on any atom is -0.366 e. The predicted octanol–water partition coefficient (Wildman–Crippen LogP) is 3.98. The fourth-order valence-electron chi connectivity index (χ4n) is 4.45. The van der Waals surface area contributed by atoms with Gasteiger partial charge in [-0.05, 0) is 36.4 Å². The van der Waals surface area contributed by atoms with Crippen molar-refractivity contribution in [2.75, 3.05) is 31.1 Å². The summed E-state index contributed by atoms with van der Waals surface area (Å²) in [6.07, 6.45) is 0. The van der Waals surface area contributed by atoms with E-state index in [1.165, 1.54) is 24.3 Å². The molecular weight excluding hydrogens is 549 g/mol. The number of hydrogen-bond acceptors (Lipinski definition) is 6. The molecule has 10 heteroatoms. The third-order valence-corrected chi connectivity index (χ3v) is 8.14. The minimum atomic E-state index is -4.15. The smallest absolute Gasteiger partial charge is 0.262 e. The number of Topliss-reactive ketones (excluding diaryl/α,β-unsaturated/α-hetero) is 2. The number of sulfonamides is 1. The zero-order valence-corrected chi connectivity index (χ0v) is 21.4. The number of anilines is 1. The van der Waals surface area contributed by atoms with E-state index in [9.17, 15) is 22.4 Å². The Labute approximate surface area is 216 Å². The van der Waals surface area contributed by atoms with Crippen molar-refractivity contribution < 1.29 is 22.4 Å². The maximum absolute atomic E-state index is 14.3. The molecule has 0 atom stereocenters. The van der Waals surface area contributed by atoms with Gasteiger partial charge in [-0.3, -0.25) is 14.3 Å². The quantitative estimate of drug-likeness (QED) is 0.500. The second-order valence-corrected chi connectivity index (χ2v) is 11.0. The molecule has 1 aliphatic heterocycles. The maximum atomic E-state index is 14.3. The van der Waals surface area contributed by atoms with Crippen LogP contribution in [0.2, 0.25) is 0 Å². The largest absolute Gasteiger partial charge is 0.366 e. The van der Waals surface area contributed by atoms with Crippen molar-refractivity contribution in [2.24, 2.45) is 0 Å². The highest BCUT2D eigenvalue weighted by atomic mass is 79.9. The molecule has 184 valence electrons. The first kappa shape index (κ1) is 24.2. The van der Waals surface area contributed by atoms with Crippen LogP contribution in [0.1, 0.15) is 20.7 Å². The van der Waals surface area contributed by atoms with Crippen LogP contribution in [-0.2, 0) is 10.0 Å². The summed E-state index contributed by atoms with van der Waals surface area (Å²) in [6.45, 7) is 1.38. The lowest BCUT2D eigenvalue weighted by molar-refractivity contribution is 0.0935. The molecule has 1 aliphatic carbocycles. The second kappa shape index (κ2) is 9.51. The van der Waals surface area contributed by atoms with E-state index in [2.05, 4.69) is 20.7 Å². The van der Waals surface area contributed by atoms with Crippen LogP contribution < -0.4 is 9.62 Å². The van der Waals surface area contributed by atoms with Gasteiger partial charge in [0.1, 0.15) is 17.2 Å². The lowest BCUT2D eigenvalue weighted by atomic mass is 9.89. The monoisotopic (exact) mass is 569 g/mol. The SMILES string of the molecule is O=C1C(NS(=O)(=O)c2ccc(Br)cc2)=C(N2CCN(c3ccccc3F)CC2)C(=O)c2ccccc21. The maximum Gasteiger partial charge on any atom is 0.262 e. The Kier molecular flexibility index (Phi) is 6.40. The normalized spacial score (nSPS) is 16.3. The molecule has 36 heavy (non-hydrogen) atoms. The van der Waals surface area contributed by atoms with Crippen molar-refractivity contribution in [3.05, 3.63) is 106 Å². The molecule has 1 N–H and O–H groups in total. The summed E-state index contributed by atoms with van der Waals surface area (Å²) >= 11 is 3.28. The first-order valence-corrected chi connectivity index (χ1v) is 13.5. The highest BCUT2D eigenvalue weighted by Gasteiger charge is 2.38. The summed E-state index contributed by atoms with van der Waals surface area (Å²) in [4.78, 5) is 30.6. The lowest BCUT2D eigenvalue weighted by Crippen LogP contribution is -2.49. The number of ketones is 2. The molecular formula is C26H21BrFN3O4S. The Hall–Kier alpha value is -3.50. The molecule has 3 aromatic rings. The van der Waals surface area contributed by atoms with Crippen molar-refractivity contribution in [3.63, 3.8) is 0 Å². The van der Waals surface area contributed by atoms with E-state index in [4.69, 9.17) is 0 Å². The molecule has 7 nitrogen and oxygen atoms in total. The van der Waals surface area contributed by atoms with Crippen LogP contribution in [0.5, 0.6) is 0 Å². The van der Waals surface area contributed by atoms with Gasteiger partial charge in [-0.2, -0.15) is 0 Å². The Balaban J connectivity index is 1.52. The van der Waals surface area contributed by atoms with Gasteiger partial charge in [-0.15, -0.1) is 0 Å². The Morgan fingerprint density at radius 3 is 1.94 bits per heavy atom. The van der Waals surface area contributed by atoms with E-state index in [1.807, 2.05) is 4.90 Å². The van der Waals surface area contributed by atoms with Crippen molar-refractivity contribution in [3.8, 4) is 0 Å². The fourth-order valence-corrected chi connectivity index (χ4v) is 5.78. The van der Waals surface area contributed by atoms with Crippen LogP contribution in [0, 0.1) is 5.82 Å². The van der Waals surface area contributed by atoms with Gasteiger partial charge in [-0.25, -0.2) is 12.8 Å². The van der Waals surface area contributed by atoms with Gasteiger partial charge < -0.3 is 9.80 Å². The summed E-state index contributed by atoms with van der Waals surface area (Å²) in [5.74, 6) is -1.35. The molecule has 0 unspecified atom stereocenters. The van der Waals surface area contributed by atoms with Crippen LogP contribution >= 0.6 is 15.9 Å². The predicted molar refractivity (Wildman–Crippen MR) is 137 cm³/mol. The first-order chi connectivity index (χ1) is 17.3. The number of piperazine rings is 1. The Morgan fingerprint density at radius 1 is 0.750 bits per heavy atom. The summed E-state index contributed by atoms with van der Waals surface area (Å²) < 4.78 is 43.8. The van der Waals surface area contributed by atoms with Gasteiger partial charge in [0.15, 0.2) is 0 Å². The van der Waals surface area contributed by atoms with Crippen molar-refractivity contribution in [2.45, 2.75) is 4.90 Å². The van der Waals surface area contributed by atoms with Gasteiger partial charge in [0.25, 0.3) is 10.0 Å². The number of allylic oxidation sites excluding steroid dienone is 2. The standard InChI is InChI=1S/C26H21BrFN3O4S/c27-17-9-11-18(12-10-17)36(34,35)29-23-24(26(33)20-6-2-1-5-19(20)25(23)32)31-15-13-30(14-16-31)22-8-4-3-7-21(22)28/h1-12,29H,13-16H2. The van der Waals surface area contributed by atoms with Gasteiger partial charge in [-0.1, -0.05) is 52.3 Å². The average Bonchev–Trinajstić information content (AvgIpc) is 2.88. The fraction of sp³-hybridized carbons (Fsp3) is 0.154. The lowest BCUT2D eigenvalue weighted by Gasteiger charge is -2.39. The molecule has 0 saturated carbocycles. The minimum absolute atomic E-state index is 0.00701. The summed E-state index contributed by atoms with van der Waals surface area (Å²) in [6, 6.07) is 18.8. The van der Waals surface area contributed by atoms with Crippen molar-refractivity contribution in [1.29, 1.82) is 0 Å². The van der Waals surface area contributed by atoms with Gasteiger partial charge in [0.2, 0.25) is 11.6 Å². The van der Waals surface area contributed by atoms with Crippen molar-refractivity contribution in [1.82, 2.24) is 9.62 Å². The number of carbonyl (C=O) groups is 2. The first-order valence-electron chi connectivity index (χ1n) is 11.2. The average molecular weight is 570 g/mol. The number of fused-ring (bicyclic) bond motifs is 1. The molecule has 1 fully saturated rings. The molecule has 5 rings (SSSR count). The van der Waals surface area contributed by atoms with Crippen LogP contribution in [0.15, 0.2) is 93.6 Å². The van der Waals surface area contributed by atoms with Crippen LogP contribution in [0.3, 0.4) is 0 Å². The molecule has 0 spiro atoms. The van der Waals surface area contributed by atoms with E-state index < -0.39 is 21.6 Å². The molecule has 0 bridgehead atoms. The van der Waals surface area contributed by atoms with E-state index in [-0.39, 0.29) is 33.2 Å². The second-order valence-electron chi connectivity index (χ2n) is 8.41. The van der Waals surface area contributed by atoms with Crippen molar-refractivity contribution >= 4 is 43.2 Å². The van der Waals surface area contributed by atoms with Gasteiger partial charge >= 0.3 is 0 Å². The number of benzene rings is 3. The summed E-state index contributed by atoms with van der Waals surface area (Å²) in [5.41, 5.74) is 0.553. The number of hydrogen-bond donors (Lipinski definition) is 1. The molecule has 3 aromatic carbocycles. The molecule has 1 heterocycles. The highest BCUT2D eigenvalue weighted by Crippen LogP contribution is 2.30. The van der Waals surface area contributed by atoms with Crippen LogP contribution in [-0.4, -0.2) is 51.1 Å². The molecule has 2 aliphatic rings. The molecule has 1 saturated heterocycles. The summed E-state index contributed by atoms with van der Waals surface area (Å²) in [7, 11) is -4.15. The Bertz CT molecular complexity index is 1500. The summed E-state index contributed by atoms with van der Waals surface area (Å²) in [5, 5.41) is 0. The van der Waals surface area contributed by atoms with Gasteiger partial charge in [0.05, 0.1) is 10.6 Å². The molecule has 0 aromatic heterocycles. The number of rotatable bonds is 5. The third kappa shape index (κ3) is 4.42. The number of nitrogens with one attached hydrogen (secondary N) is 1. The van der Waals surface area contributed by atoms with E-state index in [1.54, 1.807) is 53.4 Å². The Morgan fingerprint density at radius 2 is 1.31 bits per heavy atom.